The number of nitrogens with one attached hydrogen (secondary N) is 1. The summed E-state index contributed by atoms with van der Waals surface area (Å²) >= 11 is 0. The number of anilines is 3. The molecule has 0 bridgehead atoms. The smallest absolute Gasteiger partial charge is 0.227 e. The highest BCUT2D eigenvalue weighted by molar-refractivity contribution is 5.63. The molecule has 4 nitrogen and oxygen atoms in total. The van der Waals surface area contributed by atoms with Crippen molar-refractivity contribution in [3.63, 3.8) is 0 Å². The first-order chi connectivity index (χ1) is 10.6. The molecule has 1 aromatic carbocycles. The van der Waals surface area contributed by atoms with Crippen molar-refractivity contribution >= 4 is 17.5 Å². The summed E-state index contributed by atoms with van der Waals surface area (Å²) in [7, 11) is 0. The zero-order valence-corrected chi connectivity index (χ0v) is 13.7. The third-order valence-corrected chi connectivity index (χ3v) is 4.35. The number of aryl methyl sites for hydroxylation is 2. The summed E-state index contributed by atoms with van der Waals surface area (Å²) in [6.07, 6.45) is 3.78. The first kappa shape index (κ1) is 14.8. The largest absolute Gasteiger partial charge is 0.341 e. The van der Waals surface area contributed by atoms with Crippen LogP contribution in [0.2, 0.25) is 0 Å². The SMILES string of the molecule is Cc1cc(Nc2cccc(C)c2C)nc(N2CCCCC2)n1. The summed E-state index contributed by atoms with van der Waals surface area (Å²) in [6.45, 7) is 8.42. The maximum absolute atomic E-state index is 4.73. The van der Waals surface area contributed by atoms with Gasteiger partial charge in [-0.1, -0.05) is 12.1 Å². The summed E-state index contributed by atoms with van der Waals surface area (Å²) in [4.78, 5) is 11.6. The van der Waals surface area contributed by atoms with Crippen molar-refractivity contribution in [3.8, 4) is 0 Å². The lowest BCUT2D eigenvalue weighted by Crippen LogP contribution is -2.31. The van der Waals surface area contributed by atoms with Gasteiger partial charge in [0.05, 0.1) is 0 Å². The van der Waals surface area contributed by atoms with Crippen LogP contribution in [0.1, 0.15) is 36.1 Å². The first-order valence-corrected chi connectivity index (χ1v) is 8.07. The molecule has 0 aliphatic carbocycles. The molecule has 0 spiro atoms. The molecule has 0 radical (unpaired) electrons. The fourth-order valence-electron chi connectivity index (χ4n) is 2.88. The fraction of sp³-hybridized carbons (Fsp3) is 0.444. The van der Waals surface area contributed by atoms with Gasteiger partial charge in [0, 0.05) is 30.5 Å². The van der Waals surface area contributed by atoms with Crippen molar-refractivity contribution in [2.45, 2.75) is 40.0 Å². The highest BCUT2D eigenvalue weighted by Crippen LogP contribution is 2.24. The Kier molecular flexibility index (Phi) is 4.27. The number of rotatable bonds is 3. The van der Waals surface area contributed by atoms with Crippen molar-refractivity contribution in [1.82, 2.24) is 9.97 Å². The van der Waals surface area contributed by atoms with Crippen LogP contribution in [-0.2, 0) is 0 Å². The van der Waals surface area contributed by atoms with Gasteiger partial charge in [-0.05, 0) is 57.2 Å². The molecule has 1 saturated heterocycles. The molecule has 0 unspecified atom stereocenters. The van der Waals surface area contributed by atoms with E-state index >= 15 is 0 Å². The minimum atomic E-state index is 0.854. The number of benzene rings is 1. The number of hydrogen-bond acceptors (Lipinski definition) is 4. The van der Waals surface area contributed by atoms with E-state index in [1.165, 1.54) is 30.4 Å². The second-order valence-corrected chi connectivity index (χ2v) is 6.11. The molecule has 1 N–H and O–H groups in total. The van der Waals surface area contributed by atoms with E-state index in [0.717, 1.165) is 36.2 Å². The molecule has 116 valence electrons. The Balaban J connectivity index is 1.87. The van der Waals surface area contributed by atoms with Gasteiger partial charge in [-0.2, -0.15) is 4.98 Å². The van der Waals surface area contributed by atoms with Crippen LogP contribution in [0.5, 0.6) is 0 Å². The molecule has 2 heterocycles. The van der Waals surface area contributed by atoms with Crippen LogP contribution in [0.3, 0.4) is 0 Å². The van der Waals surface area contributed by atoms with Gasteiger partial charge in [0.15, 0.2) is 0 Å². The molecule has 1 aromatic heterocycles. The highest BCUT2D eigenvalue weighted by Gasteiger charge is 2.15. The second-order valence-electron chi connectivity index (χ2n) is 6.11. The average Bonchev–Trinajstić information content (AvgIpc) is 2.52. The maximum Gasteiger partial charge on any atom is 0.227 e. The van der Waals surface area contributed by atoms with E-state index in [1.807, 2.05) is 13.0 Å². The Bertz CT molecular complexity index is 660. The van der Waals surface area contributed by atoms with Crippen molar-refractivity contribution < 1.29 is 0 Å². The molecule has 4 heteroatoms. The average molecular weight is 296 g/mol. The summed E-state index contributed by atoms with van der Waals surface area (Å²) < 4.78 is 0. The monoisotopic (exact) mass is 296 g/mol. The summed E-state index contributed by atoms with van der Waals surface area (Å²) in [6, 6.07) is 8.31. The van der Waals surface area contributed by atoms with E-state index in [-0.39, 0.29) is 0 Å². The van der Waals surface area contributed by atoms with Crippen LogP contribution in [0.15, 0.2) is 24.3 Å². The Hall–Kier alpha value is -2.10. The highest BCUT2D eigenvalue weighted by atomic mass is 15.3. The lowest BCUT2D eigenvalue weighted by molar-refractivity contribution is 0.568. The molecule has 1 aliphatic heterocycles. The predicted octanol–water partition coefficient (Wildman–Crippen LogP) is 4.14. The maximum atomic E-state index is 4.73. The third kappa shape index (κ3) is 3.21. The fourth-order valence-corrected chi connectivity index (χ4v) is 2.88. The van der Waals surface area contributed by atoms with Crippen LogP contribution in [0.25, 0.3) is 0 Å². The van der Waals surface area contributed by atoms with Crippen LogP contribution in [-0.4, -0.2) is 23.1 Å². The van der Waals surface area contributed by atoms with Crippen molar-refractivity contribution in [2.24, 2.45) is 0 Å². The van der Waals surface area contributed by atoms with Crippen molar-refractivity contribution in [2.75, 3.05) is 23.3 Å². The van der Waals surface area contributed by atoms with Crippen LogP contribution in [0, 0.1) is 20.8 Å². The zero-order chi connectivity index (χ0) is 15.5. The first-order valence-electron chi connectivity index (χ1n) is 8.07. The second kappa shape index (κ2) is 6.34. The van der Waals surface area contributed by atoms with E-state index in [2.05, 4.69) is 47.2 Å². The van der Waals surface area contributed by atoms with Crippen LogP contribution < -0.4 is 10.2 Å². The van der Waals surface area contributed by atoms with Gasteiger partial charge in [-0.25, -0.2) is 4.98 Å². The van der Waals surface area contributed by atoms with E-state index < -0.39 is 0 Å². The Labute approximate surface area is 132 Å². The molecule has 1 fully saturated rings. The van der Waals surface area contributed by atoms with E-state index in [9.17, 15) is 0 Å². The van der Waals surface area contributed by atoms with E-state index in [1.54, 1.807) is 0 Å². The summed E-state index contributed by atoms with van der Waals surface area (Å²) in [5.74, 6) is 1.73. The summed E-state index contributed by atoms with van der Waals surface area (Å²) in [5, 5.41) is 3.46. The van der Waals surface area contributed by atoms with Gasteiger partial charge in [0.25, 0.3) is 0 Å². The molecule has 1 aliphatic rings. The molecule has 3 rings (SSSR count). The normalized spacial score (nSPS) is 15.0. The molecule has 0 atom stereocenters. The topological polar surface area (TPSA) is 41.1 Å². The molecule has 2 aromatic rings. The third-order valence-electron chi connectivity index (χ3n) is 4.35. The minimum Gasteiger partial charge on any atom is -0.341 e. The minimum absolute atomic E-state index is 0.854. The lowest BCUT2D eigenvalue weighted by Gasteiger charge is -2.27. The van der Waals surface area contributed by atoms with Crippen LogP contribution >= 0.6 is 0 Å². The van der Waals surface area contributed by atoms with E-state index in [4.69, 9.17) is 4.98 Å². The number of hydrogen-bond donors (Lipinski definition) is 1. The number of piperidine rings is 1. The molecular formula is C18H24N4. The Morgan fingerprint density at radius 2 is 1.77 bits per heavy atom. The van der Waals surface area contributed by atoms with Gasteiger partial charge >= 0.3 is 0 Å². The van der Waals surface area contributed by atoms with Gasteiger partial charge < -0.3 is 10.2 Å². The van der Waals surface area contributed by atoms with Gasteiger partial charge in [0.1, 0.15) is 5.82 Å². The van der Waals surface area contributed by atoms with Crippen molar-refractivity contribution in [1.29, 1.82) is 0 Å². The predicted molar refractivity (Wildman–Crippen MR) is 92.0 cm³/mol. The number of nitrogens with zero attached hydrogens (tertiary/aromatic N) is 3. The molecule has 0 amide bonds. The van der Waals surface area contributed by atoms with E-state index in [0.29, 0.717) is 0 Å². The molecule has 0 saturated carbocycles. The summed E-state index contributed by atoms with van der Waals surface area (Å²) in [5.41, 5.74) is 4.66. The standard InChI is InChI=1S/C18H24N4/c1-13-8-7-9-16(15(13)3)20-17-12-14(2)19-18(21-17)22-10-5-4-6-11-22/h7-9,12H,4-6,10-11H2,1-3H3,(H,19,20,21). The van der Waals surface area contributed by atoms with Gasteiger partial charge in [-0.15, -0.1) is 0 Å². The Morgan fingerprint density at radius 1 is 1.00 bits per heavy atom. The zero-order valence-electron chi connectivity index (χ0n) is 13.7. The van der Waals surface area contributed by atoms with Gasteiger partial charge in [-0.3, -0.25) is 0 Å². The van der Waals surface area contributed by atoms with Gasteiger partial charge in [0.2, 0.25) is 5.95 Å². The molecular weight excluding hydrogens is 272 g/mol. The van der Waals surface area contributed by atoms with Crippen molar-refractivity contribution in [3.05, 3.63) is 41.1 Å². The number of aromatic nitrogens is 2. The van der Waals surface area contributed by atoms with Crippen LogP contribution in [0.4, 0.5) is 17.5 Å². The Morgan fingerprint density at radius 3 is 2.55 bits per heavy atom. The lowest BCUT2D eigenvalue weighted by atomic mass is 10.1. The molecule has 22 heavy (non-hydrogen) atoms. The quantitative estimate of drug-likeness (QED) is 0.924.